The smallest absolute Gasteiger partial charge is 0.138 e. The van der Waals surface area contributed by atoms with Crippen molar-refractivity contribution in [3.8, 4) is 0 Å². The van der Waals surface area contributed by atoms with Crippen molar-refractivity contribution in [1.82, 2.24) is 4.90 Å². The zero-order valence-electron chi connectivity index (χ0n) is 12.2. The van der Waals surface area contributed by atoms with Crippen LogP contribution in [-0.4, -0.2) is 51.2 Å². The highest BCUT2D eigenvalue weighted by atomic mass is 16.3. The van der Waals surface area contributed by atoms with Gasteiger partial charge in [-0.1, -0.05) is 6.92 Å². The summed E-state index contributed by atoms with van der Waals surface area (Å²) >= 11 is 0. The second kappa shape index (κ2) is 4.05. The third-order valence-electron chi connectivity index (χ3n) is 6.85. The number of aliphatic hydroxyl groups is 2. The first-order chi connectivity index (χ1) is 9.50. The molecule has 2 saturated carbocycles. The van der Waals surface area contributed by atoms with Crippen LogP contribution < -0.4 is 0 Å². The second-order valence-corrected chi connectivity index (χ2v) is 7.58. The first-order valence-corrected chi connectivity index (χ1v) is 8.19. The first kappa shape index (κ1) is 13.2. The Bertz CT molecular complexity index is 451. The van der Waals surface area contributed by atoms with E-state index in [0.717, 1.165) is 45.2 Å². The van der Waals surface area contributed by atoms with E-state index in [1.807, 2.05) is 0 Å². The lowest BCUT2D eigenvalue weighted by atomic mass is 9.45. The summed E-state index contributed by atoms with van der Waals surface area (Å²) in [5, 5.41) is 22.1. The van der Waals surface area contributed by atoms with Crippen LogP contribution in [0.5, 0.6) is 0 Å². The molecule has 6 unspecified atom stereocenters. The topological polar surface area (TPSA) is 60.8 Å². The fraction of sp³-hybridized carbons (Fsp3) is 0.938. The third-order valence-corrected chi connectivity index (χ3v) is 6.85. The van der Waals surface area contributed by atoms with E-state index in [1.54, 1.807) is 0 Å². The van der Waals surface area contributed by atoms with Gasteiger partial charge < -0.3 is 10.2 Å². The zero-order valence-corrected chi connectivity index (χ0v) is 12.2. The highest BCUT2D eigenvalue weighted by Gasteiger charge is 2.71. The number of aliphatic hydroxyl groups excluding tert-OH is 1. The Labute approximate surface area is 120 Å². The van der Waals surface area contributed by atoms with Crippen molar-refractivity contribution < 1.29 is 15.0 Å². The molecular formula is C16H25NO3. The molecule has 1 spiro atoms. The van der Waals surface area contributed by atoms with Crippen molar-refractivity contribution in [2.24, 2.45) is 17.8 Å². The molecule has 4 heteroatoms. The predicted octanol–water partition coefficient (Wildman–Crippen LogP) is 0.952. The van der Waals surface area contributed by atoms with Crippen molar-refractivity contribution in [2.45, 2.75) is 62.7 Å². The van der Waals surface area contributed by atoms with Crippen molar-refractivity contribution in [1.29, 1.82) is 0 Å². The van der Waals surface area contributed by atoms with E-state index in [-0.39, 0.29) is 29.1 Å². The molecular weight excluding hydrogens is 254 g/mol. The largest absolute Gasteiger partial charge is 0.392 e. The van der Waals surface area contributed by atoms with Gasteiger partial charge in [-0.15, -0.1) is 0 Å². The summed E-state index contributed by atoms with van der Waals surface area (Å²) in [5.41, 5.74) is -1.22. The molecule has 0 amide bonds. The summed E-state index contributed by atoms with van der Waals surface area (Å²) in [5.74, 6) is 0.204. The van der Waals surface area contributed by atoms with Crippen LogP contribution in [0.2, 0.25) is 0 Å². The van der Waals surface area contributed by atoms with Gasteiger partial charge in [-0.25, -0.2) is 0 Å². The molecule has 2 saturated heterocycles. The molecule has 2 N–H and O–H groups in total. The van der Waals surface area contributed by atoms with Crippen LogP contribution in [0.3, 0.4) is 0 Å². The number of piperidine rings is 2. The number of Topliss-reactive ketones (excluding diaryl/α,β-unsaturated/α-hetero) is 1. The van der Waals surface area contributed by atoms with Gasteiger partial charge in [-0.2, -0.15) is 0 Å². The molecule has 112 valence electrons. The number of ketones is 1. The van der Waals surface area contributed by atoms with Gasteiger partial charge in [0.2, 0.25) is 0 Å². The highest BCUT2D eigenvalue weighted by molar-refractivity contribution is 5.85. The van der Waals surface area contributed by atoms with Crippen molar-refractivity contribution in [3.05, 3.63) is 0 Å². The molecule has 4 aliphatic rings. The van der Waals surface area contributed by atoms with Crippen LogP contribution in [0.15, 0.2) is 0 Å². The third kappa shape index (κ3) is 1.31. The maximum absolute atomic E-state index is 12.6. The fourth-order valence-corrected chi connectivity index (χ4v) is 6.11. The number of rotatable bonds is 0. The van der Waals surface area contributed by atoms with Gasteiger partial charge in [0.15, 0.2) is 0 Å². The van der Waals surface area contributed by atoms with Crippen LogP contribution in [0.1, 0.15) is 45.4 Å². The SMILES string of the molecule is CC1CC23C4CCCN2CCCC3(O)C(CC4=O)C1O. The lowest BCUT2D eigenvalue weighted by Crippen LogP contribution is -2.81. The Morgan fingerprint density at radius 3 is 2.85 bits per heavy atom. The monoisotopic (exact) mass is 279 g/mol. The van der Waals surface area contributed by atoms with Gasteiger partial charge in [0.05, 0.1) is 17.2 Å². The summed E-state index contributed by atoms with van der Waals surface area (Å²) in [6.07, 6.45) is 4.35. The summed E-state index contributed by atoms with van der Waals surface area (Å²) < 4.78 is 0. The molecule has 4 fully saturated rings. The molecule has 0 aromatic rings. The standard InChI is InChI=1S/C16H25NO3/c1-10-9-15-11-4-2-6-17(15)7-3-5-16(15,20)12(14(10)19)8-13(11)18/h10-12,14,19-20H,2-9H2,1H3. The Hall–Kier alpha value is -0.450. The molecule has 2 bridgehead atoms. The number of hydrogen-bond acceptors (Lipinski definition) is 4. The van der Waals surface area contributed by atoms with Gasteiger partial charge >= 0.3 is 0 Å². The average molecular weight is 279 g/mol. The van der Waals surface area contributed by atoms with Crippen LogP contribution >= 0.6 is 0 Å². The fourth-order valence-electron chi connectivity index (χ4n) is 6.11. The van der Waals surface area contributed by atoms with E-state index >= 15 is 0 Å². The quantitative estimate of drug-likeness (QED) is 0.693. The zero-order chi connectivity index (χ0) is 14.1. The van der Waals surface area contributed by atoms with Crippen molar-refractivity contribution in [2.75, 3.05) is 13.1 Å². The van der Waals surface area contributed by atoms with Crippen LogP contribution in [-0.2, 0) is 4.79 Å². The van der Waals surface area contributed by atoms with Gasteiger partial charge in [0.1, 0.15) is 5.78 Å². The van der Waals surface area contributed by atoms with Crippen LogP contribution in [0.4, 0.5) is 0 Å². The molecule has 6 atom stereocenters. The first-order valence-electron chi connectivity index (χ1n) is 8.19. The molecule has 4 rings (SSSR count). The maximum Gasteiger partial charge on any atom is 0.138 e. The molecule has 2 aliphatic carbocycles. The highest BCUT2D eigenvalue weighted by Crippen LogP contribution is 2.61. The Kier molecular flexibility index (Phi) is 2.68. The lowest BCUT2D eigenvalue weighted by molar-refractivity contribution is -0.271. The average Bonchev–Trinajstić information content (AvgIpc) is 2.41. The molecule has 20 heavy (non-hydrogen) atoms. The van der Waals surface area contributed by atoms with E-state index < -0.39 is 11.7 Å². The van der Waals surface area contributed by atoms with Crippen LogP contribution in [0, 0.1) is 17.8 Å². The van der Waals surface area contributed by atoms with Gasteiger partial charge in [-0.3, -0.25) is 9.69 Å². The molecule has 2 aliphatic heterocycles. The van der Waals surface area contributed by atoms with Gasteiger partial charge in [0.25, 0.3) is 0 Å². The number of carbonyl (C=O) groups is 1. The number of hydrogen-bond donors (Lipinski definition) is 2. The minimum atomic E-state index is -0.851. The number of carbonyl (C=O) groups excluding carboxylic acids is 1. The van der Waals surface area contributed by atoms with E-state index in [2.05, 4.69) is 11.8 Å². The lowest BCUT2D eigenvalue weighted by Gasteiger charge is -2.70. The van der Waals surface area contributed by atoms with E-state index in [4.69, 9.17) is 0 Å². The molecule has 2 heterocycles. The van der Waals surface area contributed by atoms with E-state index in [9.17, 15) is 15.0 Å². The normalized spacial score (nSPS) is 55.5. The summed E-state index contributed by atoms with van der Waals surface area (Å²) in [7, 11) is 0. The summed E-state index contributed by atoms with van der Waals surface area (Å²) in [6, 6.07) is 0. The Morgan fingerprint density at radius 2 is 2.05 bits per heavy atom. The van der Waals surface area contributed by atoms with Crippen molar-refractivity contribution in [3.63, 3.8) is 0 Å². The molecule has 0 radical (unpaired) electrons. The minimum Gasteiger partial charge on any atom is -0.392 e. The van der Waals surface area contributed by atoms with Gasteiger partial charge in [-0.05, 0) is 51.1 Å². The molecule has 4 nitrogen and oxygen atoms in total. The molecule has 0 aromatic carbocycles. The minimum absolute atomic E-state index is 0.00671. The second-order valence-electron chi connectivity index (χ2n) is 7.58. The summed E-state index contributed by atoms with van der Waals surface area (Å²) in [6.45, 7) is 4.09. The molecule has 0 aromatic heterocycles. The Balaban J connectivity index is 1.90. The number of nitrogens with zero attached hydrogens (tertiary/aromatic N) is 1. The predicted molar refractivity (Wildman–Crippen MR) is 74.1 cm³/mol. The maximum atomic E-state index is 12.6. The summed E-state index contributed by atoms with van der Waals surface area (Å²) in [4.78, 5) is 15.0. The van der Waals surface area contributed by atoms with E-state index in [0.29, 0.717) is 6.42 Å². The van der Waals surface area contributed by atoms with Gasteiger partial charge in [0, 0.05) is 18.3 Å². The van der Waals surface area contributed by atoms with E-state index in [1.165, 1.54) is 0 Å². The Morgan fingerprint density at radius 1 is 1.30 bits per heavy atom. The van der Waals surface area contributed by atoms with Crippen molar-refractivity contribution >= 4 is 5.78 Å². The van der Waals surface area contributed by atoms with Crippen LogP contribution in [0.25, 0.3) is 0 Å².